The van der Waals surface area contributed by atoms with E-state index < -0.39 is 10.0 Å². The van der Waals surface area contributed by atoms with E-state index in [0.29, 0.717) is 30.7 Å². The summed E-state index contributed by atoms with van der Waals surface area (Å²) in [5.74, 6) is 1.05. The molecule has 1 N–H and O–H groups in total. The van der Waals surface area contributed by atoms with Gasteiger partial charge in [0.15, 0.2) is 0 Å². The maximum absolute atomic E-state index is 12.3. The lowest BCUT2D eigenvalue weighted by atomic mass is 10.0. The molecule has 0 aromatic carbocycles. The lowest BCUT2D eigenvalue weighted by Gasteiger charge is -2.27. The van der Waals surface area contributed by atoms with Crippen LogP contribution in [0.3, 0.4) is 0 Å². The van der Waals surface area contributed by atoms with E-state index in [2.05, 4.69) is 19.2 Å². The largest absolute Gasteiger partial charge is 0.317 e. The normalized spacial score (nSPS) is 19.1. The van der Waals surface area contributed by atoms with Gasteiger partial charge in [0.2, 0.25) is 10.0 Å². The van der Waals surface area contributed by atoms with Crippen LogP contribution in [0.15, 0.2) is 0 Å². The first-order valence-corrected chi connectivity index (χ1v) is 8.25. The van der Waals surface area contributed by atoms with E-state index in [-0.39, 0.29) is 0 Å². The zero-order chi connectivity index (χ0) is 12.9. The molecule has 0 unspecified atom stereocenters. The number of hydrogen-bond acceptors (Lipinski definition) is 3. The van der Waals surface area contributed by atoms with Crippen molar-refractivity contribution in [2.45, 2.75) is 33.6 Å². The van der Waals surface area contributed by atoms with E-state index in [0.717, 1.165) is 25.9 Å². The standard InChI is InChI=1S/C12H26N2O2S/c1-4-14(9-11(2)3)17(15,16)10-12-5-7-13-8-6-12/h11-13H,4-10H2,1-3H3. The van der Waals surface area contributed by atoms with Gasteiger partial charge in [0.05, 0.1) is 5.75 Å². The summed E-state index contributed by atoms with van der Waals surface area (Å²) < 4.78 is 26.2. The van der Waals surface area contributed by atoms with Crippen molar-refractivity contribution in [1.29, 1.82) is 0 Å². The maximum atomic E-state index is 12.3. The Morgan fingerprint density at radius 1 is 1.29 bits per heavy atom. The van der Waals surface area contributed by atoms with Gasteiger partial charge >= 0.3 is 0 Å². The Kier molecular flexibility index (Phi) is 5.89. The summed E-state index contributed by atoms with van der Waals surface area (Å²) in [5.41, 5.74) is 0. The minimum Gasteiger partial charge on any atom is -0.317 e. The third kappa shape index (κ3) is 4.94. The Hall–Kier alpha value is -0.130. The van der Waals surface area contributed by atoms with Crippen LogP contribution in [0.5, 0.6) is 0 Å². The number of piperidine rings is 1. The molecule has 17 heavy (non-hydrogen) atoms. The molecular formula is C12H26N2O2S. The molecule has 1 heterocycles. The summed E-state index contributed by atoms with van der Waals surface area (Å²) in [6, 6.07) is 0. The van der Waals surface area contributed by atoms with Gasteiger partial charge < -0.3 is 5.32 Å². The van der Waals surface area contributed by atoms with Crippen LogP contribution in [-0.4, -0.2) is 44.7 Å². The van der Waals surface area contributed by atoms with Crippen molar-refractivity contribution in [3.05, 3.63) is 0 Å². The molecule has 1 rings (SSSR count). The highest BCUT2D eigenvalue weighted by Gasteiger charge is 2.26. The Morgan fingerprint density at radius 2 is 1.88 bits per heavy atom. The molecule has 0 spiro atoms. The monoisotopic (exact) mass is 262 g/mol. The smallest absolute Gasteiger partial charge is 0.214 e. The topological polar surface area (TPSA) is 49.4 Å². The van der Waals surface area contributed by atoms with Crippen molar-refractivity contribution >= 4 is 10.0 Å². The minimum atomic E-state index is -3.06. The van der Waals surface area contributed by atoms with Gasteiger partial charge in [-0.3, -0.25) is 0 Å². The second kappa shape index (κ2) is 6.71. The van der Waals surface area contributed by atoms with Gasteiger partial charge in [-0.05, 0) is 37.8 Å². The van der Waals surface area contributed by atoms with E-state index >= 15 is 0 Å². The van der Waals surface area contributed by atoms with Gasteiger partial charge in [0.25, 0.3) is 0 Å². The van der Waals surface area contributed by atoms with E-state index in [1.54, 1.807) is 4.31 Å². The molecule has 0 atom stereocenters. The van der Waals surface area contributed by atoms with Crippen LogP contribution in [0.25, 0.3) is 0 Å². The van der Waals surface area contributed by atoms with Gasteiger partial charge in [0, 0.05) is 13.1 Å². The fraction of sp³-hybridized carbons (Fsp3) is 1.00. The highest BCUT2D eigenvalue weighted by molar-refractivity contribution is 7.89. The van der Waals surface area contributed by atoms with Crippen LogP contribution >= 0.6 is 0 Å². The van der Waals surface area contributed by atoms with Crippen LogP contribution in [0.2, 0.25) is 0 Å². The minimum absolute atomic E-state index is 0.329. The third-order valence-electron chi connectivity index (χ3n) is 3.22. The second-order valence-corrected chi connectivity index (χ2v) is 7.33. The molecule has 0 amide bonds. The summed E-state index contributed by atoms with van der Waals surface area (Å²) in [6.07, 6.45) is 1.97. The number of hydrogen-bond donors (Lipinski definition) is 1. The van der Waals surface area contributed by atoms with Crippen molar-refractivity contribution in [2.75, 3.05) is 31.9 Å². The molecule has 5 heteroatoms. The number of nitrogens with zero attached hydrogens (tertiary/aromatic N) is 1. The summed E-state index contributed by atoms with van der Waals surface area (Å²) in [6.45, 7) is 9.18. The van der Waals surface area contributed by atoms with Crippen molar-refractivity contribution < 1.29 is 8.42 Å². The maximum Gasteiger partial charge on any atom is 0.214 e. The zero-order valence-electron chi connectivity index (χ0n) is 11.3. The molecule has 1 saturated heterocycles. The molecule has 1 aliphatic rings. The number of sulfonamides is 1. The molecule has 0 saturated carbocycles. The predicted octanol–water partition coefficient (Wildman–Crippen LogP) is 1.29. The molecule has 4 nitrogen and oxygen atoms in total. The lowest BCUT2D eigenvalue weighted by Crippen LogP contribution is -2.39. The van der Waals surface area contributed by atoms with Crippen molar-refractivity contribution in [3.63, 3.8) is 0 Å². The Balaban J connectivity index is 2.58. The summed E-state index contributed by atoms with van der Waals surface area (Å²) >= 11 is 0. The first-order valence-electron chi connectivity index (χ1n) is 6.64. The highest BCUT2D eigenvalue weighted by Crippen LogP contribution is 2.17. The fourth-order valence-electron chi connectivity index (χ4n) is 2.30. The van der Waals surface area contributed by atoms with Gasteiger partial charge in [0.1, 0.15) is 0 Å². The van der Waals surface area contributed by atoms with Crippen LogP contribution in [-0.2, 0) is 10.0 Å². The highest BCUT2D eigenvalue weighted by atomic mass is 32.2. The molecule has 1 fully saturated rings. The van der Waals surface area contributed by atoms with Crippen LogP contribution in [0.4, 0.5) is 0 Å². The number of rotatable bonds is 6. The summed E-state index contributed by atoms with van der Waals surface area (Å²) in [4.78, 5) is 0. The van der Waals surface area contributed by atoms with Crippen LogP contribution < -0.4 is 5.32 Å². The molecular weight excluding hydrogens is 236 g/mol. The van der Waals surface area contributed by atoms with E-state index in [1.165, 1.54) is 0 Å². The van der Waals surface area contributed by atoms with Crippen LogP contribution in [0.1, 0.15) is 33.6 Å². The average Bonchev–Trinajstić information content (AvgIpc) is 2.26. The first-order chi connectivity index (χ1) is 7.95. The average molecular weight is 262 g/mol. The van der Waals surface area contributed by atoms with Gasteiger partial charge in [-0.25, -0.2) is 12.7 Å². The predicted molar refractivity (Wildman–Crippen MR) is 71.5 cm³/mol. The molecule has 0 aliphatic carbocycles. The van der Waals surface area contributed by atoms with Gasteiger partial charge in [-0.15, -0.1) is 0 Å². The van der Waals surface area contributed by atoms with Crippen molar-refractivity contribution in [2.24, 2.45) is 11.8 Å². The molecule has 0 aromatic heterocycles. The molecule has 0 aromatic rings. The van der Waals surface area contributed by atoms with Crippen molar-refractivity contribution in [1.82, 2.24) is 9.62 Å². The van der Waals surface area contributed by atoms with Crippen LogP contribution in [0, 0.1) is 11.8 Å². The van der Waals surface area contributed by atoms with E-state index in [9.17, 15) is 8.42 Å². The molecule has 0 radical (unpaired) electrons. The van der Waals surface area contributed by atoms with Gasteiger partial charge in [-0.2, -0.15) is 0 Å². The fourth-order valence-corrected chi connectivity index (χ4v) is 4.36. The number of nitrogens with one attached hydrogen (secondary N) is 1. The summed E-state index contributed by atoms with van der Waals surface area (Å²) in [7, 11) is -3.06. The quantitative estimate of drug-likeness (QED) is 0.785. The third-order valence-corrected chi connectivity index (χ3v) is 5.31. The first kappa shape index (κ1) is 14.9. The molecule has 1 aliphatic heterocycles. The van der Waals surface area contributed by atoms with Gasteiger partial charge in [-0.1, -0.05) is 20.8 Å². The SMILES string of the molecule is CCN(CC(C)C)S(=O)(=O)CC1CCNCC1. The Bertz CT molecular complexity index is 308. The Morgan fingerprint density at radius 3 is 2.35 bits per heavy atom. The van der Waals surface area contributed by atoms with E-state index in [1.807, 2.05) is 6.92 Å². The lowest BCUT2D eigenvalue weighted by molar-refractivity contribution is 0.360. The Labute approximate surface area is 106 Å². The van der Waals surface area contributed by atoms with E-state index in [4.69, 9.17) is 0 Å². The van der Waals surface area contributed by atoms with Crippen molar-refractivity contribution in [3.8, 4) is 0 Å². The molecule has 102 valence electrons. The second-order valence-electron chi connectivity index (χ2n) is 5.32. The zero-order valence-corrected chi connectivity index (χ0v) is 12.1. The summed E-state index contributed by atoms with van der Waals surface area (Å²) in [5, 5.41) is 3.27. The molecule has 0 bridgehead atoms.